The molecule has 1 heterocycles. The van der Waals surface area contributed by atoms with Gasteiger partial charge in [-0.05, 0) is 24.3 Å². The average molecular weight is 379 g/mol. The molecule has 0 aliphatic rings. The lowest BCUT2D eigenvalue weighted by Crippen LogP contribution is -2.07. The molecule has 134 valence electrons. The van der Waals surface area contributed by atoms with Crippen LogP contribution in [0.2, 0.25) is 0 Å². The quantitative estimate of drug-likeness (QED) is 0.438. The standard InChI is InChI=1S/C18H12F3NO3S/c19-14-7-3-1-5-12(14)15-9-11(22-25-15)10-24-17(23)13-6-2-4-8-16(13)26-18(20)21/h1-9,18H,10H2. The van der Waals surface area contributed by atoms with E-state index in [1.54, 1.807) is 24.3 Å². The molecular formula is C18H12F3NO3S. The van der Waals surface area contributed by atoms with Gasteiger partial charge in [-0.2, -0.15) is 8.78 Å². The highest BCUT2D eigenvalue weighted by Gasteiger charge is 2.17. The summed E-state index contributed by atoms with van der Waals surface area (Å²) in [6, 6.07) is 13.4. The number of ether oxygens (including phenoxy) is 1. The van der Waals surface area contributed by atoms with Crippen LogP contribution in [0.1, 0.15) is 16.1 Å². The Morgan fingerprint density at radius 2 is 1.88 bits per heavy atom. The third kappa shape index (κ3) is 4.26. The van der Waals surface area contributed by atoms with Crippen molar-refractivity contribution in [3.05, 3.63) is 71.7 Å². The molecule has 0 bridgehead atoms. The molecule has 0 aliphatic carbocycles. The predicted molar refractivity (Wildman–Crippen MR) is 89.3 cm³/mol. The summed E-state index contributed by atoms with van der Waals surface area (Å²) < 4.78 is 49.0. The molecule has 0 N–H and O–H groups in total. The van der Waals surface area contributed by atoms with Crippen LogP contribution in [-0.4, -0.2) is 16.9 Å². The molecule has 0 fully saturated rings. The van der Waals surface area contributed by atoms with Gasteiger partial charge in [-0.15, -0.1) is 0 Å². The molecule has 26 heavy (non-hydrogen) atoms. The Hall–Kier alpha value is -2.74. The minimum absolute atomic E-state index is 0.0376. The molecule has 0 unspecified atom stereocenters. The Bertz CT molecular complexity index is 914. The van der Waals surface area contributed by atoms with E-state index in [-0.39, 0.29) is 45.8 Å². The third-order valence-corrected chi connectivity index (χ3v) is 4.16. The fourth-order valence-electron chi connectivity index (χ4n) is 2.22. The van der Waals surface area contributed by atoms with E-state index in [4.69, 9.17) is 9.26 Å². The van der Waals surface area contributed by atoms with Gasteiger partial charge < -0.3 is 9.26 Å². The van der Waals surface area contributed by atoms with Crippen LogP contribution in [0.4, 0.5) is 13.2 Å². The lowest BCUT2D eigenvalue weighted by molar-refractivity contribution is 0.0460. The van der Waals surface area contributed by atoms with Crippen LogP contribution in [0.3, 0.4) is 0 Å². The highest BCUT2D eigenvalue weighted by molar-refractivity contribution is 7.99. The molecule has 3 aromatic rings. The maximum atomic E-state index is 13.7. The van der Waals surface area contributed by atoms with Crippen LogP contribution >= 0.6 is 11.8 Å². The first-order valence-electron chi connectivity index (χ1n) is 7.46. The van der Waals surface area contributed by atoms with E-state index in [0.717, 1.165) is 0 Å². The van der Waals surface area contributed by atoms with Gasteiger partial charge in [-0.3, -0.25) is 0 Å². The molecule has 0 radical (unpaired) electrons. The van der Waals surface area contributed by atoms with Gasteiger partial charge in [0.15, 0.2) is 5.76 Å². The maximum Gasteiger partial charge on any atom is 0.339 e. The fraction of sp³-hybridized carbons (Fsp3) is 0.111. The number of carbonyl (C=O) groups is 1. The van der Waals surface area contributed by atoms with Crippen molar-refractivity contribution in [1.29, 1.82) is 0 Å². The van der Waals surface area contributed by atoms with Gasteiger partial charge in [0, 0.05) is 11.0 Å². The van der Waals surface area contributed by atoms with Crippen molar-refractivity contribution in [2.75, 3.05) is 0 Å². The summed E-state index contributed by atoms with van der Waals surface area (Å²) in [4.78, 5) is 12.3. The lowest BCUT2D eigenvalue weighted by Gasteiger charge is -2.07. The second-order valence-corrected chi connectivity index (χ2v) is 6.15. The van der Waals surface area contributed by atoms with E-state index >= 15 is 0 Å². The number of halogens is 3. The molecular weight excluding hydrogens is 367 g/mol. The van der Waals surface area contributed by atoms with E-state index in [9.17, 15) is 18.0 Å². The van der Waals surface area contributed by atoms with Crippen LogP contribution in [0.15, 0.2) is 64.0 Å². The van der Waals surface area contributed by atoms with E-state index in [1.165, 1.54) is 30.3 Å². The zero-order valence-electron chi connectivity index (χ0n) is 13.2. The first-order chi connectivity index (χ1) is 12.5. The second-order valence-electron chi connectivity index (χ2n) is 5.11. The summed E-state index contributed by atoms with van der Waals surface area (Å²) in [5.74, 6) is -3.68. The van der Waals surface area contributed by atoms with Gasteiger partial charge in [0.1, 0.15) is 18.1 Å². The van der Waals surface area contributed by atoms with Crippen molar-refractivity contribution in [2.45, 2.75) is 17.3 Å². The zero-order chi connectivity index (χ0) is 18.5. The number of thioether (sulfide) groups is 1. The Morgan fingerprint density at radius 1 is 1.15 bits per heavy atom. The monoisotopic (exact) mass is 379 g/mol. The maximum absolute atomic E-state index is 13.7. The van der Waals surface area contributed by atoms with Gasteiger partial charge >= 0.3 is 5.97 Å². The van der Waals surface area contributed by atoms with E-state index in [1.807, 2.05) is 0 Å². The van der Waals surface area contributed by atoms with Crippen LogP contribution in [0, 0.1) is 5.82 Å². The number of nitrogens with zero attached hydrogens (tertiary/aromatic N) is 1. The van der Waals surface area contributed by atoms with Gasteiger partial charge in [0.25, 0.3) is 5.76 Å². The number of carbonyl (C=O) groups excluding carboxylic acids is 1. The second kappa shape index (κ2) is 8.09. The summed E-state index contributed by atoms with van der Waals surface area (Å²) in [7, 11) is 0. The fourth-order valence-corrected chi connectivity index (χ4v) is 2.85. The first kappa shape index (κ1) is 18.1. The van der Waals surface area contributed by atoms with Gasteiger partial charge in [-0.25, -0.2) is 9.18 Å². The molecule has 0 atom stereocenters. The molecule has 0 spiro atoms. The van der Waals surface area contributed by atoms with E-state index in [2.05, 4.69) is 5.16 Å². The Morgan fingerprint density at radius 3 is 2.65 bits per heavy atom. The van der Waals surface area contributed by atoms with E-state index < -0.39 is 17.5 Å². The van der Waals surface area contributed by atoms with Crippen molar-refractivity contribution < 1.29 is 27.2 Å². The van der Waals surface area contributed by atoms with Gasteiger partial charge in [0.05, 0.1) is 11.1 Å². The number of aromatic nitrogens is 1. The third-order valence-electron chi connectivity index (χ3n) is 3.37. The SMILES string of the molecule is O=C(OCc1cc(-c2ccccc2F)on1)c1ccccc1SC(F)F. The average Bonchev–Trinajstić information content (AvgIpc) is 3.09. The zero-order valence-corrected chi connectivity index (χ0v) is 14.0. The highest BCUT2D eigenvalue weighted by atomic mass is 32.2. The number of esters is 1. The van der Waals surface area contributed by atoms with Crippen molar-refractivity contribution in [1.82, 2.24) is 5.16 Å². The molecule has 4 nitrogen and oxygen atoms in total. The minimum Gasteiger partial charge on any atom is -0.455 e. The van der Waals surface area contributed by atoms with E-state index in [0.29, 0.717) is 0 Å². The molecule has 8 heteroatoms. The molecule has 3 rings (SSSR count). The molecule has 0 aliphatic heterocycles. The minimum atomic E-state index is -2.65. The van der Waals surface area contributed by atoms with Gasteiger partial charge in [-0.1, -0.05) is 41.2 Å². The number of rotatable bonds is 6. The summed E-state index contributed by atoms with van der Waals surface area (Å²) in [6.07, 6.45) is 0. The van der Waals surface area contributed by atoms with Crippen molar-refractivity contribution >= 4 is 17.7 Å². The topological polar surface area (TPSA) is 52.3 Å². The largest absolute Gasteiger partial charge is 0.455 e. The van der Waals surface area contributed by atoms with Gasteiger partial charge in [0.2, 0.25) is 0 Å². The van der Waals surface area contributed by atoms with Crippen LogP contribution < -0.4 is 0 Å². The summed E-state index contributed by atoms with van der Waals surface area (Å²) in [6.45, 7) is -0.232. The number of hydrogen-bond acceptors (Lipinski definition) is 5. The molecule has 0 saturated carbocycles. The smallest absolute Gasteiger partial charge is 0.339 e. The summed E-state index contributed by atoms with van der Waals surface area (Å²) in [5.41, 5.74) is 0.544. The molecule has 1 aromatic heterocycles. The normalized spacial score (nSPS) is 10.9. The van der Waals surface area contributed by atoms with Crippen LogP contribution in [0.5, 0.6) is 0 Å². The van der Waals surface area contributed by atoms with Crippen LogP contribution in [0.25, 0.3) is 11.3 Å². The Balaban J connectivity index is 1.69. The Kier molecular flexibility index (Phi) is 5.62. The summed E-state index contributed by atoms with van der Waals surface area (Å²) >= 11 is 0.268. The number of hydrogen-bond donors (Lipinski definition) is 0. The lowest BCUT2D eigenvalue weighted by atomic mass is 10.1. The van der Waals surface area contributed by atoms with Crippen molar-refractivity contribution in [2.24, 2.45) is 0 Å². The van der Waals surface area contributed by atoms with Crippen LogP contribution in [-0.2, 0) is 11.3 Å². The molecule has 2 aromatic carbocycles. The molecule has 0 amide bonds. The Labute approximate surface area is 151 Å². The van der Waals surface area contributed by atoms with Crippen molar-refractivity contribution in [3.63, 3.8) is 0 Å². The predicted octanol–water partition coefficient (Wildman–Crippen LogP) is 5.15. The van der Waals surface area contributed by atoms with Crippen molar-refractivity contribution in [3.8, 4) is 11.3 Å². The first-order valence-corrected chi connectivity index (χ1v) is 8.34. The highest BCUT2D eigenvalue weighted by Crippen LogP contribution is 2.29. The number of benzene rings is 2. The summed E-state index contributed by atoms with van der Waals surface area (Å²) in [5, 5.41) is 3.73. The molecule has 0 saturated heterocycles. The number of alkyl halides is 2.